The maximum atomic E-state index is 14.1. The molecule has 1 heterocycles. The second kappa shape index (κ2) is 8.08. The zero-order valence-electron chi connectivity index (χ0n) is 15.0. The molecule has 1 aromatic carbocycles. The number of rotatable bonds is 5. The fourth-order valence-corrected chi connectivity index (χ4v) is 3.27. The lowest BCUT2D eigenvalue weighted by atomic mass is 9.93. The second-order valence-electron chi connectivity index (χ2n) is 6.43. The summed E-state index contributed by atoms with van der Waals surface area (Å²) >= 11 is 6.33. The van der Waals surface area contributed by atoms with Crippen molar-refractivity contribution in [3.8, 4) is 5.75 Å². The number of ether oxygens (including phenoxy) is 1. The topological polar surface area (TPSA) is 56.1 Å². The van der Waals surface area contributed by atoms with Gasteiger partial charge in [0.15, 0.2) is 0 Å². The second-order valence-corrected chi connectivity index (χ2v) is 6.99. The van der Waals surface area contributed by atoms with E-state index in [2.05, 4.69) is 10.3 Å². The van der Waals surface area contributed by atoms with E-state index in [1.807, 2.05) is 13.0 Å². The predicted octanol–water partition coefficient (Wildman–Crippen LogP) is 3.91. The normalized spacial score (nSPS) is 19.5. The van der Waals surface area contributed by atoms with E-state index < -0.39 is 17.2 Å². The van der Waals surface area contributed by atoms with Crippen LogP contribution in [-0.2, 0) is 6.54 Å². The number of benzene rings is 1. The Morgan fingerprint density at radius 2 is 2.07 bits per heavy atom. The van der Waals surface area contributed by atoms with Crippen LogP contribution in [0.15, 0.2) is 41.0 Å². The van der Waals surface area contributed by atoms with E-state index in [0.717, 1.165) is 18.5 Å². The third-order valence-electron chi connectivity index (χ3n) is 4.67. The summed E-state index contributed by atoms with van der Waals surface area (Å²) in [5.41, 5.74) is 0.117. The average molecular weight is 396 g/mol. The molecule has 0 bridgehead atoms. The Hall–Kier alpha value is -2.41. The maximum absolute atomic E-state index is 14.1. The van der Waals surface area contributed by atoms with Crippen LogP contribution < -0.4 is 15.6 Å². The molecule has 2 unspecified atom stereocenters. The van der Waals surface area contributed by atoms with Crippen LogP contribution in [0.1, 0.15) is 25.3 Å². The van der Waals surface area contributed by atoms with Crippen LogP contribution in [0.25, 0.3) is 0 Å². The molecule has 0 spiro atoms. The number of methoxy groups -OCH3 is 1. The quantitative estimate of drug-likeness (QED) is 0.780. The van der Waals surface area contributed by atoms with Gasteiger partial charge in [-0.1, -0.05) is 19.1 Å². The van der Waals surface area contributed by atoms with Gasteiger partial charge in [-0.2, -0.15) is 4.98 Å². The van der Waals surface area contributed by atoms with Crippen molar-refractivity contribution in [3.05, 3.63) is 63.7 Å². The van der Waals surface area contributed by atoms with Crippen molar-refractivity contribution >= 4 is 17.5 Å². The lowest BCUT2D eigenvalue weighted by molar-refractivity contribution is 0.401. The highest BCUT2D eigenvalue weighted by Gasteiger charge is 2.24. The van der Waals surface area contributed by atoms with Crippen LogP contribution in [0, 0.1) is 17.6 Å². The first kappa shape index (κ1) is 19.4. The van der Waals surface area contributed by atoms with Gasteiger partial charge in [-0.3, -0.25) is 4.79 Å². The molecule has 0 amide bonds. The van der Waals surface area contributed by atoms with Gasteiger partial charge in [0, 0.05) is 22.6 Å². The Kier molecular flexibility index (Phi) is 5.79. The molecule has 8 heteroatoms. The van der Waals surface area contributed by atoms with E-state index in [4.69, 9.17) is 16.3 Å². The van der Waals surface area contributed by atoms with E-state index in [1.165, 1.54) is 36.1 Å². The summed E-state index contributed by atoms with van der Waals surface area (Å²) in [5.74, 6) is -1.17. The number of hydrogen-bond acceptors (Lipinski definition) is 4. The third kappa shape index (κ3) is 4.13. The average Bonchev–Trinajstić information content (AvgIpc) is 2.63. The minimum absolute atomic E-state index is 0.0156. The highest BCUT2D eigenvalue weighted by Crippen LogP contribution is 2.29. The molecule has 1 aliphatic rings. The number of aromatic nitrogens is 2. The summed E-state index contributed by atoms with van der Waals surface area (Å²) in [6.07, 6.45) is 5.03. The van der Waals surface area contributed by atoms with Gasteiger partial charge < -0.3 is 14.6 Å². The molecule has 0 saturated heterocycles. The van der Waals surface area contributed by atoms with Crippen molar-refractivity contribution in [2.24, 2.45) is 5.92 Å². The molecule has 0 radical (unpaired) electrons. The van der Waals surface area contributed by atoms with E-state index in [-0.39, 0.29) is 35.1 Å². The van der Waals surface area contributed by atoms with E-state index in [1.54, 1.807) is 0 Å². The Balaban J connectivity index is 2.02. The van der Waals surface area contributed by atoms with Crippen LogP contribution in [0.4, 0.5) is 14.7 Å². The number of nitrogens with one attached hydrogen (secondary N) is 1. The Morgan fingerprint density at radius 1 is 1.37 bits per heavy atom. The molecule has 0 aliphatic heterocycles. The van der Waals surface area contributed by atoms with Crippen LogP contribution in [0.3, 0.4) is 0 Å². The molecular weight excluding hydrogens is 376 g/mol. The molecule has 1 N–H and O–H groups in total. The zero-order chi connectivity index (χ0) is 19.6. The van der Waals surface area contributed by atoms with Gasteiger partial charge in [0.05, 0.1) is 19.9 Å². The number of nitrogens with zero attached hydrogens (tertiary/aromatic N) is 2. The summed E-state index contributed by atoms with van der Waals surface area (Å²) in [7, 11) is 1.34. The van der Waals surface area contributed by atoms with Gasteiger partial charge in [-0.15, -0.1) is 11.6 Å². The van der Waals surface area contributed by atoms with Crippen molar-refractivity contribution < 1.29 is 13.5 Å². The number of hydrogen-bond donors (Lipinski definition) is 1. The molecule has 0 saturated carbocycles. The monoisotopic (exact) mass is 395 g/mol. The third-order valence-corrected chi connectivity index (χ3v) is 5.27. The lowest BCUT2D eigenvalue weighted by Gasteiger charge is -2.27. The molecular formula is C19H20ClF2N3O2. The van der Waals surface area contributed by atoms with Crippen molar-refractivity contribution in [1.82, 2.24) is 9.55 Å². The first-order valence-electron chi connectivity index (χ1n) is 8.60. The smallest absolute Gasteiger partial charge is 0.316 e. The fraction of sp³-hybridized carbons (Fsp3) is 0.368. The first-order chi connectivity index (χ1) is 12.9. The largest absolute Gasteiger partial charge is 0.490 e. The van der Waals surface area contributed by atoms with Crippen molar-refractivity contribution in [3.63, 3.8) is 0 Å². The minimum atomic E-state index is -0.676. The van der Waals surface area contributed by atoms with Crippen molar-refractivity contribution in [1.29, 1.82) is 0 Å². The number of alkyl halides is 1. The van der Waals surface area contributed by atoms with Crippen molar-refractivity contribution in [2.45, 2.75) is 31.7 Å². The molecule has 27 heavy (non-hydrogen) atoms. The van der Waals surface area contributed by atoms with Gasteiger partial charge in [-0.25, -0.2) is 8.78 Å². The Morgan fingerprint density at radius 3 is 2.74 bits per heavy atom. The van der Waals surface area contributed by atoms with Gasteiger partial charge in [0.25, 0.3) is 0 Å². The molecule has 5 nitrogen and oxygen atoms in total. The van der Waals surface area contributed by atoms with E-state index in [0.29, 0.717) is 0 Å². The standard InChI is InChI=1S/C19H20ClF2N3O2/c1-11-13(20)5-3-8-16(11)23-19-24-18(26)17(27-2)10-25(19)9-12-14(21)6-4-7-15(12)22/h4,6-8,10-11,13H,3,5,9H2,1-2H3,(H,23,24,26). The number of allylic oxidation sites excluding steroid dienone is 2. The lowest BCUT2D eigenvalue weighted by Crippen LogP contribution is -2.26. The highest BCUT2D eigenvalue weighted by molar-refractivity contribution is 6.21. The molecule has 2 atom stereocenters. The maximum Gasteiger partial charge on any atom is 0.316 e. The van der Waals surface area contributed by atoms with Crippen molar-refractivity contribution in [2.75, 3.05) is 12.4 Å². The van der Waals surface area contributed by atoms with Gasteiger partial charge in [0.2, 0.25) is 11.7 Å². The van der Waals surface area contributed by atoms with Crippen LogP contribution in [-0.4, -0.2) is 22.0 Å². The van der Waals surface area contributed by atoms with E-state index in [9.17, 15) is 13.6 Å². The molecule has 3 rings (SSSR count). The first-order valence-corrected chi connectivity index (χ1v) is 9.04. The molecule has 1 aliphatic carbocycles. The fourth-order valence-electron chi connectivity index (χ4n) is 3.01. The molecule has 2 aromatic rings. The minimum Gasteiger partial charge on any atom is -0.490 e. The van der Waals surface area contributed by atoms with Crippen LogP contribution in [0.2, 0.25) is 0 Å². The van der Waals surface area contributed by atoms with Gasteiger partial charge >= 0.3 is 5.56 Å². The molecule has 144 valence electrons. The summed E-state index contributed by atoms with van der Waals surface area (Å²) in [6.45, 7) is 1.81. The molecule has 1 aromatic heterocycles. The summed E-state index contributed by atoms with van der Waals surface area (Å²) in [5, 5.41) is 3.07. The van der Waals surface area contributed by atoms with E-state index >= 15 is 0 Å². The highest BCUT2D eigenvalue weighted by atomic mass is 35.5. The van der Waals surface area contributed by atoms with Crippen LogP contribution in [0.5, 0.6) is 5.75 Å². The SMILES string of the molecule is COc1cn(Cc2c(F)cccc2F)c(NC2=CCCC(Cl)C2C)nc1=O. The summed E-state index contributed by atoms with van der Waals surface area (Å²) in [4.78, 5) is 16.1. The van der Waals surface area contributed by atoms with Crippen LogP contribution >= 0.6 is 11.6 Å². The predicted molar refractivity (Wildman–Crippen MR) is 100 cm³/mol. The Bertz CT molecular complexity index is 909. The van der Waals surface area contributed by atoms with Gasteiger partial charge in [0.1, 0.15) is 11.6 Å². The number of anilines is 1. The summed E-state index contributed by atoms with van der Waals surface area (Å²) in [6, 6.07) is 3.66. The Labute approximate surface area is 160 Å². The molecule has 0 fully saturated rings. The number of halogens is 3. The summed E-state index contributed by atoms with van der Waals surface area (Å²) < 4.78 is 34.6. The zero-order valence-corrected chi connectivity index (χ0v) is 15.8. The van der Waals surface area contributed by atoms with Gasteiger partial charge in [-0.05, 0) is 25.0 Å².